The Labute approximate surface area is 126 Å². The van der Waals surface area contributed by atoms with Crippen molar-refractivity contribution in [1.29, 1.82) is 0 Å². The van der Waals surface area contributed by atoms with Gasteiger partial charge in [0.25, 0.3) is 0 Å². The maximum Gasteiger partial charge on any atom is 0.216 e. The van der Waals surface area contributed by atoms with E-state index in [0.29, 0.717) is 31.9 Å². The zero-order valence-corrected chi connectivity index (χ0v) is 13.0. The number of ether oxygens (including phenoxy) is 2. The monoisotopic (exact) mass is 295 g/mol. The Morgan fingerprint density at radius 2 is 1.90 bits per heavy atom. The number of amides is 1. The van der Waals surface area contributed by atoms with Crippen LogP contribution >= 0.6 is 0 Å². The van der Waals surface area contributed by atoms with Crippen molar-refractivity contribution in [3.05, 3.63) is 23.8 Å². The first kappa shape index (κ1) is 17.3. The SMILES string of the molecule is CCOc1ccc(CC(CO)CNC(C)=O)cc1OCC. The molecule has 2 N–H and O–H groups in total. The molecule has 0 aliphatic carbocycles. The molecular weight excluding hydrogens is 270 g/mol. The average Bonchev–Trinajstić information content (AvgIpc) is 2.46. The minimum Gasteiger partial charge on any atom is -0.490 e. The lowest BCUT2D eigenvalue weighted by Gasteiger charge is -2.16. The van der Waals surface area contributed by atoms with Crippen molar-refractivity contribution in [1.82, 2.24) is 5.32 Å². The number of carbonyl (C=O) groups excluding carboxylic acids is 1. The van der Waals surface area contributed by atoms with Crippen LogP contribution in [0.4, 0.5) is 0 Å². The van der Waals surface area contributed by atoms with E-state index < -0.39 is 0 Å². The molecule has 0 bridgehead atoms. The smallest absolute Gasteiger partial charge is 0.216 e. The Bertz CT molecular complexity index is 448. The van der Waals surface area contributed by atoms with Gasteiger partial charge in [-0.05, 0) is 38.0 Å². The summed E-state index contributed by atoms with van der Waals surface area (Å²) in [5.74, 6) is 1.34. The molecule has 0 saturated heterocycles. The molecule has 0 aliphatic rings. The Morgan fingerprint density at radius 1 is 1.24 bits per heavy atom. The van der Waals surface area contributed by atoms with Crippen molar-refractivity contribution in [2.45, 2.75) is 27.2 Å². The lowest BCUT2D eigenvalue weighted by Crippen LogP contribution is -2.30. The van der Waals surface area contributed by atoms with Crippen LogP contribution in [0.3, 0.4) is 0 Å². The van der Waals surface area contributed by atoms with Crippen LogP contribution in [0.5, 0.6) is 11.5 Å². The zero-order valence-electron chi connectivity index (χ0n) is 13.0. The van der Waals surface area contributed by atoms with Crippen LogP contribution in [0.2, 0.25) is 0 Å². The van der Waals surface area contributed by atoms with Gasteiger partial charge in [0.05, 0.1) is 13.2 Å². The second-order valence-electron chi connectivity index (χ2n) is 4.84. The molecule has 0 spiro atoms. The molecule has 0 aromatic heterocycles. The third kappa shape index (κ3) is 6.04. The highest BCUT2D eigenvalue weighted by atomic mass is 16.5. The largest absolute Gasteiger partial charge is 0.490 e. The maximum atomic E-state index is 10.9. The van der Waals surface area contributed by atoms with Gasteiger partial charge in [0.1, 0.15) is 0 Å². The third-order valence-electron chi connectivity index (χ3n) is 3.03. The summed E-state index contributed by atoms with van der Waals surface area (Å²) >= 11 is 0. The van der Waals surface area contributed by atoms with Crippen LogP contribution in [0.1, 0.15) is 26.3 Å². The van der Waals surface area contributed by atoms with Gasteiger partial charge < -0.3 is 19.9 Å². The zero-order chi connectivity index (χ0) is 15.7. The second kappa shape index (κ2) is 9.23. The lowest BCUT2D eigenvalue weighted by molar-refractivity contribution is -0.119. The van der Waals surface area contributed by atoms with Crippen LogP contribution in [-0.4, -0.2) is 37.4 Å². The molecule has 1 amide bonds. The van der Waals surface area contributed by atoms with Crippen LogP contribution in [-0.2, 0) is 11.2 Å². The molecule has 0 radical (unpaired) electrons. The molecule has 21 heavy (non-hydrogen) atoms. The standard InChI is InChI=1S/C16H25NO4/c1-4-20-15-7-6-13(9-16(15)21-5-2)8-14(11-18)10-17-12(3)19/h6-7,9,14,18H,4-5,8,10-11H2,1-3H3,(H,17,19). The van der Waals surface area contributed by atoms with E-state index in [4.69, 9.17) is 9.47 Å². The molecule has 5 nitrogen and oxygen atoms in total. The molecule has 0 fully saturated rings. The minimum absolute atomic E-state index is 0.0127. The van der Waals surface area contributed by atoms with Gasteiger partial charge in [-0.25, -0.2) is 0 Å². The highest BCUT2D eigenvalue weighted by Gasteiger charge is 2.12. The Balaban J connectivity index is 2.77. The number of nitrogens with one attached hydrogen (secondary N) is 1. The Morgan fingerprint density at radius 3 is 2.48 bits per heavy atom. The summed E-state index contributed by atoms with van der Waals surface area (Å²) in [7, 11) is 0. The van der Waals surface area contributed by atoms with Crippen molar-refractivity contribution in [3.8, 4) is 11.5 Å². The number of hydrogen-bond acceptors (Lipinski definition) is 4. The van der Waals surface area contributed by atoms with Gasteiger partial charge in [0.2, 0.25) is 5.91 Å². The van der Waals surface area contributed by atoms with E-state index in [0.717, 1.165) is 11.3 Å². The molecule has 0 aliphatic heterocycles. The number of hydrogen-bond donors (Lipinski definition) is 2. The maximum absolute atomic E-state index is 10.9. The van der Waals surface area contributed by atoms with Crippen LogP contribution < -0.4 is 14.8 Å². The highest BCUT2D eigenvalue weighted by Crippen LogP contribution is 2.29. The van der Waals surface area contributed by atoms with Crippen LogP contribution in [0.15, 0.2) is 18.2 Å². The first-order chi connectivity index (χ1) is 10.1. The summed E-state index contributed by atoms with van der Waals surface area (Å²) in [6, 6.07) is 5.78. The molecule has 1 aromatic carbocycles. The van der Waals surface area contributed by atoms with E-state index >= 15 is 0 Å². The van der Waals surface area contributed by atoms with E-state index in [-0.39, 0.29) is 18.4 Å². The summed E-state index contributed by atoms with van der Waals surface area (Å²) in [5.41, 5.74) is 1.05. The average molecular weight is 295 g/mol. The molecule has 5 heteroatoms. The van der Waals surface area contributed by atoms with E-state index in [1.54, 1.807) is 0 Å². The molecule has 118 valence electrons. The van der Waals surface area contributed by atoms with Crippen molar-refractivity contribution in [2.24, 2.45) is 5.92 Å². The fraction of sp³-hybridized carbons (Fsp3) is 0.562. The number of aliphatic hydroxyl groups is 1. The highest BCUT2D eigenvalue weighted by molar-refractivity contribution is 5.72. The normalized spacial score (nSPS) is 11.8. The summed E-state index contributed by atoms with van der Waals surface area (Å²) in [6.45, 7) is 6.97. The van der Waals surface area contributed by atoms with Gasteiger partial charge in [-0.15, -0.1) is 0 Å². The summed E-state index contributed by atoms with van der Waals surface area (Å²) in [5, 5.41) is 12.1. The molecule has 0 saturated carbocycles. The van der Waals surface area contributed by atoms with Gasteiger partial charge in [-0.3, -0.25) is 4.79 Å². The summed E-state index contributed by atoms with van der Waals surface area (Å²) in [4.78, 5) is 10.9. The Hall–Kier alpha value is -1.75. The predicted octanol–water partition coefficient (Wildman–Crippen LogP) is 1.77. The topological polar surface area (TPSA) is 67.8 Å². The minimum atomic E-state index is -0.0878. The second-order valence-corrected chi connectivity index (χ2v) is 4.84. The van der Waals surface area contributed by atoms with E-state index in [9.17, 15) is 9.90 Å². The van der Waals surface area contributed by atoms with Gasteiger partial charge in [-0.1, -0.05) is 6.07 Å². The van der Waals surface area contributed by atoms with Crippen LogP contribution in [0.25, 0.3) is 0 Å². The van der Waals surface area contributed by atoms with Gasteiger partial charge in [-0.2, -0.15) is 0 Å². The van der Waals surface area contributed by atoms with E-state index in [2.05, 4.69) is 5.32 Å². The van der Waals surface area contributed by atoms with Gasteiger partial charge in [0.15, 0.2) is 11.5 Å². The molecule has 1 atom stereocenters. The third-order valence-corrected chi connectivity index (χ3v) is 3.03. The first-order valence-electron chi connectivity index (χ1n) is 7.34. The fourth-order valence-electron chi connectivity index (χ4n) is 2.05. The molecule has 1 unspecified atom stereocenters. The van der Waals surface area contributed by atoms with Crippen molar-refractivity contribution >= 4 is 5.91 Å². The summed E-state index contributed by atoms with van der Waals surface area (Å²) in [6.07, 6.45) is 0.670. The van der Waals surface area contributed by atoms with Crippen LogP contribution in [0, 0.1) is 5.92 Å². The van der Waals surface area contributed by atoms with Gasteiger partial charge in [0, 0.05) is 26.0 Å². The number of aliphatic hydroxyl groups excluding tert-OH is 1. The molecule has 1 aromatic rings. The lowest BCUT2D eigenvalue weighted by atomic mass is 9.99. The number of rotatable bonds is 9. The Kier molecular flexibility index (Phi) is 7.61. The summed E-state index contributed by atoms with van der Waals surface area (Å²) < 4.78 is 11.1. The number of benzene rings is 1. The molecule has 0 heterocycles. The van der Waals surface area contributed by atoms with E-state index in [1.807, 2.05) is 32.0 Å². The predicted molar refractivity (Wildman–Crippen MR) is 81.7 cm³/mol. The first-order valence-corrected chi connectivity index (χ1v) is 7.34. The fourth-order valence-corrected chi connectivity index (χ4v) is 2.05. The number of carbonyl (C=O) groups is 1. The van der Waals surface area contributed by atoms with Crippen molar-refractivity contribution in [3.63, 3.8) is 0 Å². The van der Waals surface area contributed by atoms with Crippen molar-refractivity contribution in [2.75, 3.05) is 26.4 Å². The van der Waals surface area contributed by atoms with Gasteiger partial charge >= 0.3 is 0 Å². The molecule has 1 rings (SSSR count). The van der Waals surface area contributed by atoms with E-state index in [1.165, 1.54) is 6.92 Å². The quantitative estimate of drug-likeness (QED) is 0.728. The van der Waals surface area contributed by atoms with Crippen molar-refractivity contribution < 1.29 is 19.4 Å². The molecular formula is C16H25NO4.